The molecule has 0 bridgehead atoms. The molecule has 0 atom stereocenters. The van der Waals surface area contributed by atoms with E-state index in [0.29, 0.717) is 0 Å². The normalized spacial score (nSPS) is 15.5. The maximum absolute atomic E-state index is 4.94. The van der Waals surface area contributed by atoms with Crippen molar-refractivity contribution in [3.63, 3.8) is 0 Å². The van der Waals surface area contributed by atoms with E-state index in [9.17, 15) is 0 Å². The Morgan fingerprint density at radius 3 is 0.750 bits per heavy atom. The Hall–Kier alpha value is 1.25. The van der Waals surface area contributed by atoms with Gasteiger partial charge in [-0.1, -0.05) is 112 Å². The monoisotopic (exact) mass is 451 g/mol. The molecule has 1 heterocycles. The number of hydrogen-bond acceptors (Lipinski definition) is 1. The van der Waals surface area contributed by atoms with Gasteiger partial charge in [0.2, 0.25) is 0 Å². The minimum Gasteiger partial charge on any atom is -0.668 e. The molecule has 0 aliphatic carbocycles. The Morgan fingerprint density at radius 2 is 0.708 bits per heavy atom. The van der Waals surface area contributed by atoms with Gasteiger partial charge in [-0.15, -0.1) is 0 Å². The van der Waals surface area contributed by atoms with Gasteiger partial charge in [-0.3, -0.25) is 0 Å². The molecule has 0 aromatic carbocycles. The molecule has 0 unspecified atom stereocenters. The molecule has 1 saturated heterocycles. The molecule has 1 radical (unpaired) electrons. The van der Waals surface area contributed by atoms with Crippen LogP contribution < -0.4 is 0 Å². The van der Waals surface area contributed by atoms with E-state index < -0.39 is 32.9 Å². The Kier molecular flexibility index (Phi) is 15.8. The molecule has 1 fully saturated rings. The Morgan fingerprint density at radius 1 is 0.500 bits per heavy atom. The first-order valence-electron chi connectivity index (χ1n) is 8.97. The van der Waals surface area contributed by atoms with Crippen LogP contribution in [0.4, 0.5) is 0 Å². The maximum Gasteiger partial charge on any atom is 2.00 e. The zero-order valence-corrected chi connectivity index (χ0v) is 23.5. The molecule has 0 amide bonds. The van der Waals surface area contributed by atoms with Crippen LogP contribution in [0.5, 0.6) is 0 Å². The summed E-state index contributed by atoms with van der Waals surface area (Å²) in [6.45, 7) is 29.6. The molecule has 24 heavy (non-hydrogen) atoms. The van der Waals surface area contributed by atoms with Gasteiger partial charge >= 0.3 is 16.8 Å². The third kappa shape index (κ3) is 34.6. The van der Waals surface area contributed by atoms with Crippen LogP contribution in [0.2, 0.25) is 78.6 Å². The van der Waals surface area contributed by atoms with Gasteiger partial charge in [0.25, 0.3) is 0 Å². The van der Waals surface area contributed by atoms with Gasteiger partial charge in [0.15, 0.2) is 0 Å². The van der Waals surface area contributed by atoms with E-state index in [-0.39, 0.29) is 16.8 Å². The molecule has 0 N–H and O–H groups in total. The van der Waals surface area contributed by atoms with Crippen molar-refractivity contribution in [2.45, 2.75) is 91.4 Å². The van der Waals surface area contributed by atoms with E-state index in [1.54, 1.807) is 0 Å². The Bertz CT molecular complexity index is 244. The fraction of sp³-hybridized carbons (Fsp3) is 1.00. The molecular formula is C16H44CoN2OSi4. The van der Waals surface area contributed by atoms with E-state index >= 15 is 0 Å². The summed E-state index contributed by atoms with van der Waals surface area (Å²) in [6.07, 6.45) is 2.56. The molecule has 1 aliphatic heterocycles. The fourth-order valence-electron chi connectivity index (χ4n) is 2.52. The second kappa shape index (κ2) is 12.6. The van der Waals surface area contributed by atoms with Gasteiger partial charge < -0.3 is 14.0 Å². The largest absolute Gasteiger partial charge is 2.00 e. The van der Waals surface area contributed by atoms with Gasteiger partial charge in [0.05, 0.1) is 0 Å². The molecule has 1 aliphatic rings. The average Bonchev–Trinajstić information content (AvgIpc) is 2.60. The first-order chi connectivity index (χ1) is 9.91. The van der Waals surface area contributed by atoms with Crippen molar-refractivity contribution >= 4 is 32.9 Å². The predicted molar refractivity (Wildman–Crippen MR) is 120 cm³/mol. The predicted octanol–water partition coefficient (Wildman–Crippen LogP) is 6.85. The topological polar surface area (TPSA) is 37.4 Å². The zero-order valence-electron chi connectivity index (χ0n) is 18.5. The summed E-state index contributed by atoms with van der Waals surface area (Å²) in [6, 6.07) is 0. The second-order valence-corrected chi connectivity index (χ2v) is 29.4. The second-order valence-electron chi connectivity index (χ2n) is 10.2. The van der Waals surface area contributed by atoms with Crippen LogP contribution in [-0.2, 0) is 21.5 Å². The fourth-order valence-corrected chi connectivity index (χ4v) is 18.6. The van der Waals surface area contributed by atoms with E-state index in [0.717, 1.165) is 13.2 Å². The van der Waals surface area contributed by atoms with Crippen LogP contribution in [0.3, 0.4) is 0 Å². The Labute approximate surface area is 168 Å². The van der Waals surface area contributed by atoms with E-state index in [2.05, 4.69) is 78.6 Å². The van der Waals surface area contributed by atoms with Crippen LogP contribution in [0, 0.1) is 0 Å². The van der Waals surface area contributed by atoms with Crippen molar-refractivity contribution in [1.29, 1.82) is 0 Å². The van der Waals surface area contributed by atoms with Crippen molar-refractivity contribution in [3.8, 4) is 0 Å². The number of nitrogens with zero attached hydrogens (tertiary/aromatic N) is 2. The third-order valence-corrected chi connectivity index (χ3v) is 12.9. The Balaban J connectivity index is -0.000000279. The average molecular weight is 452 g/mol. The van der Waals surface area contributed by atoms with Crippen molar-refractivity contribution in [2.75, 3.05) is 13.2 Å². The minimum atomic E-state index is -1.11. The van der Waals surface area contributed by atoms with Crippen LogP contribution in [0.1, 0.15) is 12.8 Å². The SMILES string of the molecule is C1CCOC1.C[Si](C)(C)[N-][Si](C)(C)C.C[Si](C)(C)[N-][Si](C)(C)C.[Co+2]. The molecule has 149 valence electrons. The molecule has 0 saturated carbocycles. The van der Waals surface area contributed by atoms with Gasteiger partial charge in [-0.25, -0.2) is 0 Å². The number of hydrogen-bond donors (Lipinski definition) is 0. The van der Waals surface area contributed by atoms with Gasteiger partial charge in [0.1, 0.15) is 0 Å². The van der Waals surface area contributed by atoms with Crippen molar-refractivity contribution in [2.24, 2.45) is 0 Å². The van der Waals surface area contributed by atoms with E-state index in [1.165, 1.54) is 12.8 Å². The first-order valence-corrected chi connectivity index (χ1v) is 22.8. The van der Waals surface area contributed by atoms with E-state index in [4.69, 9.17) is 14.0 Å². The maximum atomic E-state index is 4.94. The van der Waals surface area contributed by atoms with Crippen LogP contribution in [0.25, 0.3) is 9.30 Å². The molecule has 1 rings (SSSR count). The minimum absolute atomic E-state index is 0. The summed E-state index contributed by atoms with van der Waals surface area (Å²) in [4.78, 5) is 0. The summed E-state index contributed by atoms with van der Waals surface area (Å²) in [5.41, 5.74) is 0. The van der Waals surface area contributed by atoms with Crippen LogP contribution in [0.15, 0.2) is 0 Å². The van der Waals surface area contributed by atoms with E-state index in [1.807, 2.05) is 0 Å². The molecule has 3 nitrogen and oxygen atoms in total. The van der Waals surface area contributed by atoms with Gasteiger partial charge in [0, 0.05) is 13.2 Å². The van der Waals surface area contributed by atoms with Crippen LogP contribution >= 0.6 is 0 Å². The summed E-state index contributed by atoms with van der Waals surface area (Å²) in [5.74, 6) is 0. The zero-order chi connectivity index (χ0) is 18.9. The molecule has 0 aromatic rings. The summed E-state index contributed by atoms with van der Waals surface area (Å²) in [5, 5.41) is 0. The van der Waals surface area contributed by atoms with Gasteiger partial charge in [-0.2, -0.15) is 0 Å². The summed E-state index contributed by atoms with van der Waals surface area (Å²) in [7, 11) is -4.42. The molecule has 0 aromatic heterocycles. The smallest absolute Gasteiger partial charge is 0.668 e. The van der Waals surface area contributed by atoms with Crippen LogP contribution in [-0.4, -0.2) is 46.2 Å². The van der Waals surface area contributed by atoms with Crippen molar-refractivity contribution in [1.82, 2.24) is 0 Å². The third-order valence-electron chi connectivity index (χ3n) is 2.17. The van der Waals surface area contributed by atoms with Crippen molar-refractivity contribution < 1.29 is 21.5 Å². The quantitative estimate of drug-likeness (QED) is 0.430. The first kappa shape index (κ1) is 30.0. The molecule has 0 spiro atoms. The van der Waals surface area contributed by atoms with Crippen molar-refractivity contribution in [3.05, 3.63) is 9.30 Å². The number of ether oxygens (including phenoxy) is 1. The molecular weight excluding hydrogens is 407 g/mol. The summed E-state index contributed by atoms with van der Waals surface area (Å²) < 4.78 is 14.6. The summed E-state index contributed by atoms with van der Waals surface area (Å²) >= 11 is 0. The standard InChI is InChI=1S/2C6H18NSi2.C4H8O.Co/c2*1-8(2,3)7-9(4,5)6;1-2-4-5-3-1;/h2*1-6H3;1-4H2;/q2*-1;;+2. The molecule has 8 heteroatoms. The number of rotatable bonds is 4. The van der Waals surface area contributed by atoms with Gasteiger partial charge in [-0.05, 0) is 12.8 Å².